The molecule has 0 amide bonds. The second kappa shape index (κ2) is 8.17. The van der Waals surface area contributed by atoms with Crippen molar-refractivity contribution in [2.24, 2.45) is 5.73 Å². The van der Waals surface area contributed by atoms with E-state index in [1.807, 2.05) is 6.26 Å². The van der Waals surface area contributed by atoms with Crippen LogP contribution in [-0.2, 0) is 10.0 Å². The summed E-state index contributed by atoms with van der Waals surface area (Å²) < 4.78 is 26.5. The van der Waals surface area contributed by atoms with E-state index in [1.54, 1.807) is 11.8 Å². The maximum absolute atomic E-state index is 12.0. The molecule has 0 aliphatic carbocycles. The van der Waals surface area contributed by atoms with Crippen LogP contribution in [0.15, 0.2) is 23.4 Å². The Labute approximate surface area is 118 Å². The highest BCUT2D eigenvalue weighted by molar-refractivity contribution is 7.98. The molecule has 1 aromatic rings. The lowest BCUT2D eigenvalue weighted by atomic mass is 10.3. The van der Waals surface area contributed by atoms with Crippen molar-refractivity contribution in [2.45, 2.75) is 11.3 Å². The van der Waals surface area contributed by atoms with Gasteiger partial charge >= 0.3 is 0 Å². The molecule has 5 nitrogen and oxygen atoms in total. The summed E-state index contributed by atoms with van der Waals surface area (Å²) in [6.07, 6.45) is 5.60. The Morgan fingerprint density at radius 2 is 2.26 bits per heavy atom. The topological polar surface area (TPSA) is 85.1 Å². The molecular formula is C12H17N3O2S2. The molecule has 0 saturated heterocycles. The highest BCUT2D eigenvalue weighted by Crippen LogP contribution is 2.09. The molecule has 0 aliphatic rings. The van der Waals surface area contributed by atoms with Gasteiger partial charge in [0.1, 0.15) is 4.90 Å². The number of aromatic nitrogens is 1. The quantitative estimate of drug-likeness (QED) is 0.587. The van der Waals surface area contributed by atoms with Gasteiger partial charge in [0.2, 0.25) is 10.0 Å². The minimum atomic E-state index is -3.51. The number of pyridine rings is 1. The van der Waals surface area contributed by atoms with E-state index in [2.05, 4.69) is 21.5 Å². The minimum absolute atomic E-state index is 0.125. The normalized spacial score (nSPS) is 10.8. The molecule has 1 heterocycles. The first kappa shape index (κ1) is 16.0. The summed E-state index contributed by atoms with van der Waals surface area (Å²) in [5.74, 6) is 6.34. The second-order valence-electron chi connectivity index (χ2n) is 3.66. The fraction of sp³-hybridized carbons (Fsp3) is 0.417. The summed E-state index contributed by atoms with van der Waals surface area (Å²) in [5, 5.41) is 0. The Morgan fingerprint density at radius 1 is 1.47 bits per heavy atom. The summed E-state index contributed by atoms with van der Waals surface area (Å²) >= 11 is 1.68. The monoisotopic (exact) mass is 299 g/mol. The van der Waals surface area contributed by atoms with Crippen LogP contribution < -0.4 is 10.5 Å². The molecule has 0 aromatic carbocycles. The molecule has 0 fully saturated rings. The van der Waals surface area contributed by atoms with E-state index in [0.29, 0.717) is 12.1 Å². The molecule has 0 radical (unpaired) electrons. The van der Waals surface area contributed by atoms with Crippen LogP contribution in [0.5, 0.6) is 0 Å². The van der Waals surface area contributed by atoms with E-state index in [9.17, 15) is 8.42 Å². The maximum Gasteiger partial charge on any atom is 0.242 e. The molecule has 19 heavy (non-hydrogen) atoms. The predicted molar refractivity (Wildman–Crippen MR) is 78.4 cm³/mol. The van der Waals surface area contributed by atoms with E-state index in [4.69, 9.17) is 5.73 Å². The molecule has 0 atom stereocenters. The van der Waals surface area contributed by atoms with E-state index in [1.165, 1.54) is 18.5 Å². The lowest BCUT2D eigenvalue weighted by molar-refractivity contribution is 0.580. The number of rotatable bonds is 6. The van der Waals surface area contributed by atoms with E-state index < -0.39 is 10.0 Å². The van der Waals surface area contributed by atoms with Crippen LogP contribution >= 0.6 is 11.8 Å². The van der Waals surface area contributed by atoms with Crippen LogP contribution in [0.4, 0.5) is 0 Å². The Kier molecular flexibility index (Phi) is 6.87. The average molecular weight is 299 g/mol. The molecule has 1 aromatic heterocycles. The van der Waals surface area contributed by atoms with Crippen molar-refractivity contribution in [2.75, 3.05) is 25.1 Å². The summed E-state index contributed by atoms with van der Waals surface area (Å²) in [6, 6.07) is 1.49. The van der Waals surface area contributed by atoms with E-state index in [0.717, 1.165) is 12.2 Å². The van der Waals surface area contributed by atoms with Crippen molar-refractivity contribution in [1.29, 1.82) is 0 Å². The van der Waals surface area contributed by atoms with E-state index >= 15 is 0 Å². The molecule has 1 rings (SSSR count). The van der Waals surface area contributed by atoms with Gasteiger partial charge in [0.15, 0.2) is 0 Å². The average Bonchev–Trinajstić information content (AvgIpc) is 2.42. The van der Waals surface area contributed by atoms with Crippen molar-refractivity contribution in [3.8, 4) is 11.8 Å². The van der Waals surface area contributed by atoms with Crippen molar-refractivity contribution in [3.63, 3.8) is 0 Å². The highest BCUT2D eigenvalue weighted by Gasteiger charge is 2.13. The Bertz CT molecular complexity index is 562. The number of hydrogen-bond donors (Lipinski definition) is 2. The number of thioether (sulfide) groups is 1. The first-order chi connectivity index (χ1) is 9.10. The number of sulfonamides is 1. The zero-order valence-electron chi connectivity index (χ0n) is 10.7. The van der Waals surface area contributed by atoms with Gasteiger partial charge in [-0.25, -0.2) is 13.1 Å². The van der Waals surface area contributed by atoms with Gasteiger partial charge in [-0.3, -0.25) is 4.98 Å². The van der Waals surface area contributed by atoms with E-state index in [-0.39, 0.29) is 11.4 Å². The van der Waals surface area contributed by atoms with Crippen LogP contribution in [0.3, 0.4) is 0 Å². The number of nitrogens with two attached hydrogens (primary N) is 1. The molecule has 7 heteroatoms. The van der Waals surface area contributed by atoms with Crippen LogP contribution in [0, 0.1) is 11.8 Å². The first-order valence-electron chi connectivity index (χ1n) is 5.72. The molecule has 0 saturated carbocycles. The Hall–Kier alpha value is -1.07. The summed E-state index contributed by atoms with van der Waals surface area (Å²) in [6.45, 7) is 0.645. The van der Waals surface area contributed by atoms with Gasteiger partial charge in [-0.15, -0.1) is 0 Å². The predicted octanol–water partition coefficient (Wildman–Crippen LogP) is 0.423. The van der Waals surface area contributed by atoms with Gasteiger partial charge in [-0.05, 0) is 24.5 Å². The zero-order chi connectivity index (χ0) is 14.1. The smallest absolute Gasteiger partial charge is 0.242 e. The lowest BCUT2D eigenvalue weighted by Gasteiger charge is -2.06. The van der Waals surface area contributed by atoms with Crippen molar-refractivity contribution in [1.82, 2.24) is 9.71 Å². The summed E-state index contributed by atoms with van der Waals surface area (Å²) in [4.78, 5) is 4.01. The van der Waals surface area contributed by atoms with Gasteiger partial charge in [0.25, 0.3) is 0 Å². The zero-order valence-corrected chi connectivity index (χ0v) is 12.4. The number of nitrogens with one attached hydrogen (secondary N) is 1. The Morgan fingerprint density at radius 3 is 2.95 bits per heavy atom. The molecule has 0 unspecified atom stereocenters. The minimum Gasteiger partial charge on any atom is -0.320 e. The molecule has 0 bridgehead atoms. The van der Waals surface area contributed by atoms with Crippen LogP contribution in [-0.4, -0.2) is 38.5 Å². The van der Waals surface area contributed by atoms with Crippen LogP contribution in [0.25, 0.3) is 0 Å². The molecule has 3 N–H and O–H groups in total. The third-order valence-corrected chi connectivity index (χ3v) is 4.30. The van der Waals surface area contributed by atoms with Crippen molar-refractivity contribution < 1.29 is 8.42 Å². The SMILES string of the molecule is CSCCCNS(=O)(=O)c1cncc(C#CCN)c1. The third kappa shape index (κ3) is 5.61. The van der Waals surface area contributed by atoms with Gasteiger partial charge < -0.3 is 5.73 Å². The van der Waals surface area contributed by atoms with Gasteiger partial charge in [0.05, 0.1) is 6.54 Å². The molecular weight excluding hydrogens is 282 g/mol. The van der Waals surface area contributed by atoms with Crippen LogP contribution in [0.2, 0.25) is 0 Å². The molecule has 0 aliphatic heterocycles. The maximum atomic E-state index is 12.0. The van der Waals surface area contributed by atoms with Crippen molar-refractivity contribution >= 4 is 21.8 Å². The fourth-order valence-electron chi connectivity index (χ4n) is 1.29. The summed E-state index contributed by atoms with van der Waals surface area (Å²) in [7, 11) is -3.51. The third-order valence-electron chi connectivity index (χ3n) is 2.18. The Balaban J connectivity index is 2.77. The van der Waals surface area contributed by atoms with Crippen LogP contribution in [0.1, 0.15) is 12.0 Å². The van der Waals surface area contributed by atoms with Gasteiger partial charge in [-0.1, -0.05) is 11.8 Å². The number of nitrogens with zero attached hydrogens (tertiary/aromatic N) is 1. The fourth-order valence-corrected chi connectivity index (χ4v) is 2.79. The molecule has 104 valence electrons. The first-order valence-corrected chi connectivity index (χ1v) is 8.60. The van der Waals surface area contributed by atoms with Gasteiger partial charge in [0, 0.05) is 24.5 Å². The van der Waals surface area contributed by atoms with Gasteiger partial charge in [-0.2, -0.15) is 11.8 Å². The summed E-state index contributed by atoms with van der Waals surface area (Å²) in [5.41, 5.74) is 5.81. The number of hydrogen-bond acceptors (Lipinski definition) is 5. The second-order valence-corrected chi connectivity index (χ2v) is 6.41. The molecule has 0 spiro atoms. The lowest BCUT2D eigenvalue weighted by Crippen LogP contribution is -2.25. The largest absolute Gasteiger partial charge is 0.320 e. The van der Waals surface area contributed by atoms with Crippen molar-refractivity contribution in [3.05, 3.63) is 24.0 Å². The standard InChI is InChI=1S/C12H17N3O2S2/c1-18-7-3-6-15-19(16,17)12-8-11(4-2-5-13)9-14-10-12/h8-10,15H,3,5-7,13H2,1H3. The highest BCUT2D eigenvalue weighted by atomic mass is 32.2.